The van der Waals surface area contributed by atoms with Gasteiger partial charge in [0, 0.05) is 11.4 Å². The van der Waals surface area contributed by atoms with Crippen LogP contribution in [0.2, 0.25) is 0 Å². The Morgan fingerprint density at radius 2 is 2.04 bits per heavy atom. The number of nitrogens with zero attached hydrogens (tertiary/aromatic N) is 3. The van der Waals surface area contributed by atoms with Crippen LogP contribution in [0.3, 0.4) is 0 Å². The average molecular weight is 362 g/mol. The molecule has 0 bridgehead atoms. The highest BCUT2D eigenvalue weighted by Crippen LogP contribution is 2.45. The van der Waals surface area contributed by atoms with E-state index in [1.165, 1.54) is 23.1 Å². The van der Waals surface area contributed by atoms with Crippen molar-refractivity contribution in [2.45, 2.75) is 36.8 Å². The van der Waals surface area contributed by atoms with E-state index in [0.29, 0.717) is 11.7 Å². The number of aryl methyl sites for hydroxylation is 1. The van der Waals surface area contributed by atoms with Crippen molar-refractivity contribution >= 4 is 45.7 Å². The molecule has 8 heteroatoms. The highest BCUT2D eigenvalue weighted by molar-refractivity contribution is 8.02. The summed E-state index contributed by atoms with van der Waals surface area (Å²) in [6.45, 7) is 6.05. The predicted molar refractivity (Wildman–Crippen MR) is 96.6 cm³/mol. The smallest absolute Gasteiger partial charge is 0.252 e. The first-order valence-corrected chi connectivity index (χ1v) is 9.36. The van der Waals surface area contributed by atoms with E-state index < -0.39 is 4.75 Å². The van der Waals surface area contributed by atoms with Crippen molar-refractivity contribution in [3.05, 3.63) is 29.3 Å². The van der Waals surface area contributed by atoms with Gasteiger partial charge in [0.25, 0.3) is 11.8 Å². The van der Waals surface area contributed by atoms with E-state index in [1.807, 2.05) is 38.1 Å². The summed E-state index contributed by atoms with van der Waals surface area (Å²) in [6.07, 6.45) is 0.759. The first kappa shape index (κ1) is 16.9. The Kier molecular flexibility index (Phi) is 4.60. The number of nitrogens with one attached hydrogen (secondary N) is 1. The average Bonchev–Trinajstić information content (AvgIpc) is 3.03. The fourth-order valence-corrected chi connectivity index (χ4v) is 4.40. The Labute approximate surface area is 148 Å². The van der Waals surface area contributed by atoms with Crippen molar-refractivity contribution in [1.29, 1.82) is 0 Å². The lowest BCUT2D eigenvalue weighted by Gasteiger charge is -2.38. The predicted octanol–water partition coefficient (Wildman–Crippen LogP) is 2.96. The van der Waals surface area contributed by atoms with Crippen LogP contribution >= 0.6 is 23.1 Å². The summed E-state index contributed by atoms with van der Waals surface area (Å²) in [7, 11) is 0. The van der Waals surface area contributed by atoms with Gasteiger partial charge >= 0.3 is 0 Å². The minimum Gasteiger partial charge on any atom is -0.310 e. The number of benzene rings is 1. The number of hydrogen-bond donors (Lipinski definition) is 1. The summed E-state index contributed by atoms with van der Waals surface area (Å²) in [5.41, 5.74) is 0.851. The van der Waals surface area contributed by atoms with Gasteiger partial charge in [-0.25, -0.2) is 0 Å². The van der Waals surface area contributed by atoms with Crippen LogP contribution in [0.1, 0.15) is 25.8 Å². The summed E-state index contributed by atoms with van der Waals surface area (Å²) in [5, 5.41) is 12.0. The van der Waals surface area contributed by atoms with Crippen molar-refractivity contribution in [3.63, 3.8) is 0 Å². The van der Waals surface area contributed by atoms with Crippen LogP contribution in [0.15, 0.2) is 29.2 Å². The molecular weight excluding hydrogens is 344 g/mol. The topological polar surface area (TPSA) is 75.2 Å². The number of anilines is 2. The molecule has 0 saturated heterocycles. The molecule has 3 rings (SSSR count). The highest BCUT2D eigenvalue weighted by Gasteiger charge is 2.49. The van der Waals surface area contributed by atoms with E-state index in [0.717, 1.165) is 22.0 Å². The minimum absolute atomic E-state index is 0.216. The van der Waals surface area contributed by atoms with E-state index >= 15 is 0 Å². The zero-order valence-corrected chi connectivity index (χ0v) is 15.3. The maximum atomic E-state index is 12.9. The van der Waals surface area contributed by atoms with Gasteiger partial charge in [0.2, 0.25) is 5.13 Å². The van der Waals surface area contributed by atoms with Crippen LogP contribution in [-0.4, -0.2) is 33.3 Å². The second-order valence-corrected chi connectivity index (χ2v) is 7.98. The lowest BCUT2D eigenvalue weighted by Crippen LogP contribution is -2.54. The quantitative estimate of drug-likeness (QED) is 0.847. The van der Waals surface area contributed by atoms with E-state index in [4.69, 9.17) is 0 Å². The largest absolute Gasteiger partial charge is 0.310 e. The van der Waals surface area contributed by atoms with Crippen LogP contribution in [0.5, 0.6) is 0 Å². The standard InChI is InChI=1S/C16H18N4O2S2/c1-4-12-18-19-15(23-12)17-13(21)16(3)14(22)20(5-2)10-8-6-7-9-11(10)24-16/h6-9H,4-5H2,1-3H3,(H,17,19,21). The van der Waals surface area contributed by atoms with Gasteiger partial charge < -0.3 is 4.90 Å². The lowest BCUT2D eigenvalue weighted by atomic mass is 10.1. The number of thioether (sulfide) groups is 1. The van der Waals surface area contributed by atoms with E-state index in [1.54, 1.807) is 11.8 Å². The summed E-state index contributed by atoms with van der Waals surface area (Å²) < 4.78 is -1.23. The third-order valence-corrected chi connectivity index (χ3v) is 6.18. The molecule has 0 spiro atoms. The number of rotatable bonds is 4. The molecule has 126 valence electrons. The molecule has 0 radical (unpaired) electrons. The second-order valence-electron chi connectivity index (χ2n) is 5.46. The number of hydrogen-bond acceptors (Lipinski definition) is 6. The molecule has 2 heterocycles. The Hall–Kier alpha value is -1.93. The van der Waals surface area contributed by atoms with Crippen molar-refractivity contribution < 1.29 is 9.59 Å². The van der Waals surface area contributed by atoms with Crippen molar-refractivity contribution in [3.8, 4) is 0 Å². The summed E-state index contributed by atoms with van der Waals surface area (Å²) in [5.74, 6) is -0.587. The van der Waals surface area contributed by atoms with Crippen LogP contribution in [0.4, 0.5) is 10.8 Å². The molecule has 1 aromatic carbocycles. The molecule has 24 heavy (non-hydrogen) atoms. The lowest BCUT2D eigenvalue weighted by molar-refractivity contribution is -0.128. The molecule has 6 nitrogen and oxygen atoms in total. The molecule has 1 atom stereocenters. The Bertz CT molecular complexity index is 792. The van der Waals surface area contributed by atoms with Gasteiger partial charge in [-0.1, -0.05) is 42.2 Å². The summed E-state index contributed by atoms with van der Waals surface area (Å²) >= 11 is 2.61. The number of para-hydroxylation sites is 1. The number of carbonyl (C=O) groups excluding carboxylic acids is 2. The minimum atomic E-state index is -1.23. The van der Waals surface area contributed by atoms with Gasteiger partial charge in [0.05, 0.1) is 5.69 Å². The first-order chi connectivity index (χ1) is 11.5. The van der Waals surface area contributed by atoms with Gasteiger partial charge in [0.15, 0.2) is 4.75 Å². The SMILES string of the molecule is CCc1nnc(NC(=O)C2(C)Sc3ccccc3N(CC)C2=O)s1. The number of carbonyl (C=O) groups is 2. The number of aromatic nitrogens is 2. The Balaban J connectivity index is 1.91. The zero-order chi connectivity index (χ0) is 17.3. The van der Waals surface area contributed by atoms with Gasteiger partial charge in [0.1, 0.15) is 5.01 Å². The number of amides is 2. The molecule has 2 aromatic rings. The van der Waals surface area contributed by atoms with Gasteiger partial charge in [-0.2, -0.15) is 0 Å². The van der Waals surface area contributed by atoms with Gasteiger partial charge in [-0.3, -0.25) is 14.9 Å². The fourth-order valence-electron chi connectivity index (χ4n) is 2.52. The molecule has 0 saturated carbocycles. The third-order valence-electron chi connectivity index (χ3n) is 3.86. The summed E-state index contributed by atoms with van der Waals surface area (Å²) in [6, 6.07) is 7.64. The number of fused-ring (bicyclic) bond motifs is 1. The van der Waals surface area contributed by atoms with Crippen molar-refractivity contribution in [1.82, 2.24) is 10.2 Å². The van der Waals surface area contributed by atoms with Crippen LogP contribution < -0.4 is 10.2 Å². The maximum absolute atomic E-state index is 12.9. The van der Waals surface area contributed by atoms with E-state index in [2.05, 4.69) is 15.5 Å². The molecule has 2 amide bonds. The molecule has 1 aliphatic rings. The molecule has 1 unspecified atom stereocenters. The second kappa shape index (κ2) is 6.52. The zero-order valence-electron chi connectivity index (χ0n) is 13.7. The third kappa shape index (κ3) is 2.80. The fraction of sp³-hybridized carbons (Fsp3) is 0.375. The maximum Gasteiger partial charge on any atom is 0.252 e. The molecular formula is C16H18N4O2S2. The van der Waals surface area contributed by atoms with Crippen molar-refractivity contribution in [2.75, 3.05) is 16.8 Å². The Morgan fingerprint density at radius 1 is 1.29 bits per heavy atom. The van der Waals surface area contributed by atoms with Gasteiger partial charge in [-0.05, 0) is 32.4 Å². The molecule has 1 aromatic heterocycles. The Morgan fingerprint density at radius 3 is 2.71 bits per heavy atom. The summed E-state index contributed by atoms with van der Waals surface area (Å²) in [4.78, 5) is 28.3. The first-order valence-electron chi connectivity index (χ1n) is 7.73. The molecule has 0 fully saturated rings. The molecule has 1 N–H and O–H groups in total. The van der Waals surface area contributed by atoms with E-state index in [9.17, 15) is 9.59 Å². The molecule has 0 aliphatic carbocycles. The van der Waals surface area contributed by atoms with E-state index in [-0.39, 0.29) is 11.8 Å². The van der Waals surface area contributed by atoms with Crippen LogP contribution in [-0.2, 0) is 16.0 Å². The van der Waals surface area contributed by atoms with Crippen LogP contribution in [0.25, 0.3) is 0 Å². The van der Waals surface area contributed by atoms with Crippen molar-refractivity contribution in [2.24, 2.45) is 0 Å². The molecule has 1 aliphatic heterocycles. The normalized spacial score (nSPS) is 20.0. The van der Waals surface area contributed by atoms with Gasteiger partial charge in [-0.15, -0.1) is 10.2 Å². The highest BCUT2D eigenvalue weighted by atomic mass is 32.2. The monoisotopic (exact) mass is 362 g/mol. The van der Waals surface area contributed by atoms with Crippen LogP contribution in [0, 0.1) is 0 Å².